The summed E-state index contributed by atoms with van der Waals surface area (Å²) in [4.78, 5) is 12.2. The van der Waals surface area contributed by atoms with Crippen molar-refractivity contribution in [1.82, 2.24) is 0 Å². The lowest BCUT2D eigenvalue weighted by Crippen LogP contribution is -2.06. The van der Waals surface area contributed by atoms with E-state index < -0.39 is 0 Å². The zero-order chi connectivity index (χ0) is 14.7. The number of hydrogen-bond donors (Lipinski definition) is 1. The summed E-state index contributed by atoms with van der Waals surface area (Å²) >= 11 is 0. The molecule has 0 aliphatic carbocycles. The third-order valence-electron chi connectivity index (χ3n) is 3.62. The second-order valence-corrected chi connectivity index (χ2v) is 5.17. The number of carbonyl (C=O) groups excluding carboxylic acids is 1. The normalized spacial score (nSPS) is 10.7. The van der Waals surface area contributed by atoms with E-state index in [-0.39, 0.29) is 11.5 Å². The molecule has 1 N–H and O–H groups in total. The topological polar surface area (TPSA) is 37.3 Å². The van der Waals surface area contributed by atoms with Crippen LogP contribution in [-0.4, -0.2) is 10.9 Å². The molecule has 21 heavy (non-hydrogen) atoms. The molecule has 0 aliphatic rings. The number of fused-ring (bicyclic) bond motifs is 1. The molecule has 3 rings (SSSR count). The first kappa shape index (κ1) is 13.4. The van der Waals surface area contributed by atoms with E-state index in [2.05, 4.69) is 0 Å². The van der Waals surface area contributed by atoms with Gasteiger partial charge in [0.15, 0.2) is 0 Å². The number of Topliss-reactive ketones (excluding diaryl/α,β-unsaturated/α-hetero) is 1. The fourth-order valence-electron chi connectivity index (χ4n) is 2.61. The van der Waals surface area contributed by atoms with Crippen LogP contribution in [0.3, 0.4) is 0 Å². The molecular weight excluding hydrogens is 260 g/mol. The number of phenols is 1. The van der Waals surface area contributed by atoms with Gasteiger partial charge in [-0.05, 0) is 22.6 Å². The van der Waals surface area contributed by atoms with Crippen LogP contribution in [0.15, 0.2) is 66.7 Å². The van der Waals surface area contributed by atoms with Gasteiger partial charge < -0.3 is 5.11 Å². The highest BCUT2D eigenvalue weighted by Gasteiger charge is 2.09. The van der Waals surface area contributed by atoms with Crippen LogP contribution in [0.25, 0.3) is 10.8 Å². The second kappa shape index (κ2) is 5.80. The van der Waals surface area contributed by atoms with Crippen molar-refractivity contribution in [2.75, 3.05) is 0 Å². The smallest absolute Gasteiger partial charge is 0.141 e. The molecule has 0 amide bonds. The molecule has 0 bridgehead atoms. The van der Waals surface area contributed by atoms with Crippen LogP contribution in [0.1, 0.15) is 11.1 Å². The van der Waals surface area contributed by atoms with E-state index in [0.29, 0.717) is 12.8 Å². The highest BCUT2D eigenvalue weighted by Crippen LogP contribution is 2.27. The van der Waals surface area contributed by atoms with E-state index in [1.807, 2.05) is 60.7 Å². The Labute approximate surface area is 123 Å². The molecule has 3 aromatic rings. The zero-order valence-corrected chi connectivity index (χ0v) is 11.6. The van der Waals surface area contributed by atoms with Crippen LogP contribution in [0, 0.1) is 0 Å². The fourth-order valence-corrected chi connectivity index (χ4v) is 2.61. The Hall–Kier alpha value is -2.61. The molecular formula is C19H16O2. The average Bonchev–Trinajstić information content (AvgIpc) is 2.49. The standard InChI is InChI=1S/C19H16O2/c20-16(12-14-6-2-1-3-7-14)13-15-8-4-10-18-17(15)9-5-11-19(18)21/h1-11,21H,12-13H2. The molecule has 104 valence electrons. The Balaban J connectivity index is 1.85. The quantitative estimate of drug-likeness (QED) is 0.784. The molecule has 0 fully saturated rings. The van der Waals surface area contributed by atoms with Crippen LogP contribution in [0.5, 0.6) is 5.75 Å². The highest BCUT2D eigenvalue weighted by atomic mass is 16.3. The van der Waals surface area contributed by atoms with Crippen molar-refractivity contribution in [1.29, 1.82) is 0 Å². The molecule has 3 aromatic carbocycles. The lowest BCUT2D eigenvalue weighted by atomic mass is 9.97. The van der Waals surface area contributed by atoms with Crippen molar-refractivity contribution in [2.24, 2.45) is 0 Å². The molecule has 0 aromatic heterocycles. The number of rotatable bonds is 4. The van der Waals surface area contributed by atoms with Crippen molar-refractivity contribution in [3.05, 3.63) is 77.9 Å². The van der Waals surface area contributed by atoms with E-state index in [1.54, 1.807) is 6.07 Å². The van der Waals surface area contributed by atoms with E-state index in [4.69, 9.17) is 0 Å². The maximum atomic E-state index is 12.2. The first-order valence-electron chi connectivity index (χ1n) is 6.99. The van der Waals surface area contributed by atoms with E-state index in [0.717, 1.165) is 21.9 Å². The monoisotopic (exact) mass is 276 g/mol. The summed E-state index contributed by atoms with van der Waals surface area (Å²) in [5, 5.41) is 11.6. The predicted octanol–water partition coefficient (Wildman–Crippen LogP) is 3.90. The van der Waals surface area contributed by atoms with Crippen molar-refractivity contribution in [2.45, 2.75) is 12.8 Å². The third kappa shape index (κ3) is 2.95. The zero-order valence-electron chi connectivity index (χ0n) is 11.6. The van der Waals surface area contributed by atoms with Gasteiger partial charge >= 0.3 is 0 Å². The molecule has 2 heteroatoms. The SMILES string of the molecule is O=C(Cc1ccccc1)Cc1cccc2c(O)cccc12. The van der Waals surface area contributed by atoms with Crippen LogP contribution in [-0.2, 0) is 17.6 Å². The molecule has 2 nitrogen and oxygen atoms in total. The summed E-state index contributed by atoms with van der Waals surface area (Å²) in [5.41, 5.74) is 2.00. The summed E-state index contributed by atoms with van der Waals surface area (Å²) in [6.07, 6.45) is 0.825. The molecule has 0 spiro atoms. The van der Waals surface area contributed by atoms with Crippen LogP contribution >= 0.6 is 0 Å². The summed E-state index contributed by atoms with van der Waals surface area (Å²) in [6, 6.07) is 20.9. The van der Waals surface area contributed by atoms with Gasteiger partial charge in [0.2, 0.25) is 0 Å². The first-order valence-corrected chi connectivity index (χ1v) is 6.99. The number of aromatic hydroxyl groups is 1. The van der Waals surface area contributed by atoms with Crippen molar-refractivity contribution < 1.29 is 9.90 Å². The van der Waals surface area contributed by atoms with Gasteiger partial charge in [0, 0.05) is 18.2 Å². The molecule has 0 saturated heterocycles. The van der Waals surface area contributed by atoms with Crippen LogP contribution < -0.4 is 0 Å². The Morgan fingerprint density at radius 2 is 1.48 bits per heavy atom. The maximum absolute atomic E-state index is 12.2. The average molecular weight is 276 g/mol. The maximum Gasteiger partial charge on any atom is 0.141 e. The van der Waals surface area contributed by atoms with Crippen LogP contribution in [0.2, 0.25) is 0 Å². The predicted molar refractivity (Wildman–Crippen MR) is 84.5 cm³/mol. The van der Waals surface area contributed by atoms with Crippen molar-refractivity contribution in [3.8, 4) is 5.75 Å². The van der Waals surface area contributed by atoms with Gasteiger partial charge in [0.25, 0.3) is 0 Å². The highest BCUT2D eigenvalue weighted by molar-refractivity contribution is 5.94. The minimum atomic E-state index is 0.178. The Kier molecular flexibility index (Phi) is 3.69. The number of hydrogen-bond acceptors (Lipinski definition) is 2. The van der Waals surface area contributed by atoms with Crippen molar-refractivity contribution >= 4 is 16.6 Å². The van der Waals surface area contributed by atoms with Gasteiger partial charge in [0.05, 0.1) is 0 Å². The lowest BCUT2D eigenvalue weighted by molar-refractivity contribution is -0.117. The van der Waals surface area contributed by atoms with Gasteiger partial charge in [-0.1, -0.05) is 60.7 Å². The minimum Gasteiger partial charge on any atom is -0.507 e. The Morgan fingerprint density at radius 3 is 2.29 bits per heavy atom. The lowest BCUT2D eigenvalue weighted by Gasteiger charge is -2.07. The van der Waals surface area contributed by atoms with E-state index in [9.17, 15) is 9.90 Å². The van der Waals surface area contributed by atoms with Gasteiger partial charge in [0.1, 0.15) is 11.5 Å². The first-order chi connectivity index (χ1) is 10.2. The van der Waals surface area contributed by atoms with E-state index in [1.165, 1.54) is 0 Å². The van der Waals surface area contributed by atoms with Gasteiger partial charge in [-0.2, -0.15) is 0 Å². The van der Waals surface area contributed by atoms with Crippen LogP contribution in [0.4, 0.5) is 0 Å². The third-order valence-corrected chi connectivity index (χ3v) is 3.62. The molecule has 0 heterocycles. The molecule has 0 radical (unpaired) electrons. The summed E-state index contributed by atoms with van der Waals surface area (Å²) < 4.78 is 0. The minimum absolute atomic E-state index is 0.178. The number of carbonyl (C=O) groups is 1. The fraction of sp³-hybridized carbons (Fsp3) is 0.105. The molecule has 0 unspecified atom stereocenters. The Morgan fingerprint density at radius 1 is 0.762 bits per heavy atom. The number of benzene rings is 3. The molecule has 0 saturated carbocycles. The second-order valence-electron chi connectivity index (χ2n) is 5.17. The molecule has 0 atom stereocenters. The Bertz CT molecular complexity index is 776. The van der Waals surface area contributed by atoms with Gasteiger partial charge in [-0.3, -0.25) is 4.79 Å². The summed E-state index contributed by atoms with van der Waals surface area (Å²) in [6.45, 7) is 0. The van der Waals surface area contributed by atoms with E-state index >= 15 is 0 Å². The van der Waals surface area contributed by atoms with Gasteiger partial charge in [-0.15, -0.1) is 0 Å². The summed E-state index contributed by atoms with van der Waals surface area (Å²) in [5.74, 6) is 0.432. The number of phenolic OH excluding ortho intramolecular Hbond substituents is 1. The largest absolute Gasteiger partial charge is 0.507 e. The number of ketones is 1. The summed E-state index contributed by atoms with van der Waals surface area (Å²) in [7, 11) is 0. The van der Waals surface area contributed by atoms with Crippen molar-refractivity contribution in [3.63, 3.8) is 0 Å². The molecule has 0 aliphatic heterocycles. The van der Waals surface area contributed by atoms with Gasteiger partial charge in [-0.25, -0.2) is 0 Å².